The van der Waals surface area contributed by atoms with E-state index in [2.05, 4.69) is 36.3 Å². The summed E-state index contributed by atoms with van der Waals surface area (Å²) in [5, 5.41) is 4.31. The van der Waals surface area contributed by atoms with E-state index in [0.29, 0.717) is 13.2 Å². The molecule has 3 heteroatoms. The molecular formula is C22H27NO2. The van der Waals surface area contributed by atoms with Crippen LogP contribution < -0.4 is 4.74 Å². The van der Waals surface area contributed by atoms with Gasteiger partial charge in [-0.25, -0.2) is 0 Å². The second-order valence-electron chi connectivity index (χ2n) is 6.49. The van der Waals surface area contributed by atoms with E-state index in [1.165, 1.54) is 31.2 Å². The van der Waals surface area contributed by atoms with Crippen LogP contribution in [-0.2, 0) is 4.84 Å². The van der Waals surface area contributed by atoms with E-state index in [0.717, 1.165) is 29.4 Å². The van der Waals surface area contributed by atoms with Crippen molar-refractivity contribution in [1.29, 1.82) is 0 Å². The molecule has 0 radical (unpaired) electrons. The average molecular weight is 337 g/mol. The van der Waals surface area contributed by atoms with E-state index in [-0.39, 0.29) is 0 Å². The van der Waals surface area contributed by atoms with Crippen LogP contribution in [0.2, 0.25) is 0 Å². The van der Waals surface area contributed by atoms with E-state index in [1.54, 1.807) is 0 Å². The Labute approximate surface area is 150 Å². The molecule has 1 fully saturated rings. The van der Waals surface area contributed by atoms with Gasteiger partial charge in [-0.15, -0.1) is 0 Å². The zero-order valence-electron chi connectivity index (χ0n) is 15.0. The fraction of sp³-hybridized carbons (Fsp3) is 0.409. The number of benzene rings is 2. The van der Waals surface area contributed by atoms with Gasteiger partial charge in [0.15, 0.2) is 6.61 Å². The molecule has 0 saturated heterocycles. The number of oxime groups is 1. The zero-order chi connectivity index (χ0) is 17.3. The molecule has 0 aromatic heterocycles. The molecule has 0 N–H and O–H groups in total. The maximum absolute atomic E-state index is 5.61. The third-order valence-corrected chi connectivity index (χ3v) is 4.77. The standard InChI is InChI=1S/C22H27NO2/c1-2-22(23-25-17-16-24-21-10-4-3-5-11-21)20-14-12-19(13-15-20)18-8-6-7-9-18/h3-5,10-15,18H,2,6-9,16-17H2,1H3. The number of nitrogens with zero attached hydrogens (tertiary/aromatic N) is 1. The Kier molecular flexibility index (Phi) is 6.49. The number of hydrogen-bond donors (Lipinski definition) is 0. The summed E-state index contributed by atoms with van der Waals surface area (Å²) in [6.07, 6.45) is 6.25. The van der Waals surface area contributed by atoms with Gasteiger partial charge < -0.3 is 9.57 Å². The van der Waals surface area contributed by atoms with Gasteiger partial charge in [-0.05, 0) is 48.4 Å². The molecule has 0 amide bonds. The summed E-state index contributed by atoms with van der Waals surface area (Å²) in [4.78, 5) is 5.46. The normalized spacial score (nSPS) is 15.3. The van der Waals surface area contributed by atoms with Gasteiger partial charge in [0.2, 0.25) is 0 Å². The van der Waals surface area contributed by atoms with E-state index in [4.69, 9.17) is 9.57 Å². The predicted octanol–water partition coefficient (Wildman–Crippen LogP) is 5.55. The number of ether oxygens (including phenoxy) is 1. The predicted molar refractivity (Wildman–Crippen MR) is 102 cm³/mol. The highest BCUT2D eigenvalue weighted by Gasteiger charge is 2.16. The second kappa shape index (κ2) is 9.26. The lowest BCUT2D eigenvalue weighted by molar-refractivity contribution is 0.107. The Morgan fingerprint density at radius 2 is 1.68 bits per heavy atom. The second-order valence-corrected chi connectivity index (χ2v) is 6.49. The van der Waals surface area contributed by atoms with Gasteiger partial charge in [0.1, 0.15) is 12.4 Å². The highest BCUT2D eigenvalue weighted by atomic mass is 16.6. The van der Waals surface area contributed by atoms with Crippen molar-refractivity contribution in [2.75, 3.05) is 13.2 Å². The Bertz CT molecular complexity index is 658. The summed E-state index contributed by atoms with van der Waals surface area (Å²) < 4.78 is 5.61. The largest absolute Gasteiger partial charge is 0.490 e. The lowest BCUT2D eigenvalue weighted by Crippen LogP contribution is -2.07. The molecule has 0 aliphatic heterocycles. The highest BCUT2D eigenvalue weighted by molar-refractivity contribution is 6.00. The average Bonchev–Trinajstić information content (AvgIpc) is 3.21. The highest BCUT2D eigenvalue weighted by Crippen LogP contribution is 2.34. The van der Waals surface area contributed by atoms with Crippen LogP contribution >= 0.6 is 0 Å². The van der Waals surface area contributed by atoms with Crippen molar-refractivity contribution in [1.82, 2.24) is 0 Å². The minimum atomic E-state index is 0.443. The SMILES string of the molecule is CCC(=NOCCOc1ccccc1)c1ccc(C2CCCC2)cc1. The molecule has 2 aromatic carbocycles. The number of hydrogen-bond acceptors (Lipinski definition) is 3. The summed E-state index contributed by atoms with van der Waals surface area (Å²) in [5.74, 6) is 1.61. The smallest absolute Gasteiger partial charge is 0.151 e. The van der Waals surface area contributed by atoms with Gasteiger partial charge >= 0.3 is 0 Å². The van der Waals surface area contributed by atoms with Crippen molar-refractivity contribution in [2.24, 2.45) is 5.16 Å². The maximum atomic E-state index is 5.61. The van der Waals surface area contributed by atoms with Gasteiger partial charge in [0, 0.05) is 0 Å². The minimum Gasteiger partial charge on any atom is -0.490 e. The molecule has 1 aliphatic carbocycles. The molecule has 0 atom stereocenters. The van der Waals surface area contributed by atoms with Crippen LogP contribution in [0.25, 0.3) is 0 Å². The van der Waals surface area contributed by atoms with Gasteiger partial charge in [0.25, 0.3) is 0 Å². The monoisotopic (exact) mass is 337 g/mol. The van der Waals surface area contributed by atoms with E-state index in [9.17, 15) is 0 Å². The van der Waals surface area contributed by atoms with Crippen LogP contribution in [0.1, 0.15) is 56.1 Å². The first-order valence-corrected chi connectivity index (χ1v) is 9.34. The molecule has 0 heterocycles. The van der Waals surface area contributed by atoms with E-state index >= 15 is 0 Å². The third kappa shape index (κ3) is 5.09. The van der Waals surface area contributed by atoms with E-state index < -0.39 is 0 Å². The van der Waals surface area contributed by atoms with Crippen molar-refractivity contribution < 1.29 is 9.57 Å². The summed E-state index contributed by atoms with van der Waals surface area (Å²) >= 11 is 0. The first-order valence-electron chi connectivity index (χ1n) is 9.34. The quantitative estimate of drug-likeness (QED) is 0.359. The molecule has 0 bridgehead atoms. The lowest BCUT2D eigenvalue weighted by atomic mass is 9.95. The van der Waals surface area contributed by atoms with Crippen molar-refractivity contribution in [2.45, 2.75) is 44.9 Å². The zero-order valence-corrected chi connectivity index (χ0v) is 15.0. The van der Waals surface area contributed by atoms with Gasteiger partial charge in [-0.3, -0.25) is 0 Å². The van der Waals surface area contributed by atoms with Gasteiger partial charge in [-0.2, -0.15) is 0 Å². The summed E-state index contributed by atoms with van der Waals surface area (Å²) in [6.45, 7) is 3.04. The lowest BCUT2D eigenvalue weighted by Gasteiger charge is -2.11. The molecule has 132 valence electrons. The van der Waals surface area contributed by atoms with Gasteiger partial charge in [0.05, 0.1) is 5.71 Å². The maximum Gasteiger partial charge on any atom is 0.151 e. The van der Waals surface area contributed by atoms with Crippen molar-refractivity contribution in [3.8, 4) is 5.75 Å². The Morgan fingerprint density at radius 3 is 2.36 bits per heavy atom. The molecule has 1 saturated carbocycles. The molecule has 1 aliphatic rings. The topological polar surface area (TPSA) is 30.8 Å². The first kappa shape index (κ1) is 17.5. The molecule has 3 rings (SSSR count). The van der Waals surface area contributed by atoms with Crippen LogP contribution in [0, 0.1) is 0 Å². The minimum absolute atomic E-state index is 0.443. The van der Waals surface area contributed by atoms with Crippen molar-refractivity contribution >= 4 is 5.71 Å². The van der Waals surface area contributed by atoms with E-state index in [1.807, 2.05) is 30.3 Å². The molecular weight excluding hydrogens is 310 g/mol. The third-order valence-electron chi connectivity index (χ3n) is 4.77. The van der Waals surface area contributed by atoms with Crippen LogP contribution in [0.3, 0.4) is 0 Å². The molecule has 3 nitrogen and oxygen atoms in total. The van der Waals surface area contributed by atoms with Crippen LogP contribution in [0.5, 0.6) is 5.75 Å². The van der Waals surface area contributed by atoms with Crippen molar-refractivity contribution in [3.63, 3.8) is 0 Å². The Hall–Kier alpha value is -2.29. The van der Waals surface area contributed by atoms with Crippen molar-refractivity contribution in [3.05, 3.63) is 65.7 Å². The Morgan fingerprint density at radius 1 is 0.960 bits per heavy atom. The fourth-order valence-corrected chi connectivity index (χ4v) is 3.37. The molecule has 25 heavy (non-hydrogen) atoms. The van der Waals surface area contributed by atoms with Crippen LogP contribution in [0.15, 0.2) is 59.8 Å². The Balaban J connectivity index is 1.49. The summed E-state index contributed by atoms with van der Waals surface area (Å²) in [6, 6.07) is 18.6. The first-order chi connectivity index (χ1) is 12.4. The van der Waals surface area contributed by atoms with Crippen LogP contribution in [-0.4, -0.2) is 18.9 Å². The summed E-state index contributed by atoms with van der Waals surface area (Å²) in [5.41, 5.74) is 3.60. The van der Waals surface area contributed by atoms with Gasteiger partial charge in [-0.1, -0.05) is 67.4 Å². The van der Waals surface area contributed by atoms with Crippen LogP contribution in [0.4, 0.5) is 0 Å². The fourth-order valence-electron chi connectivity index (χ4n) is 3.37. The molecule has 0 unspecified atom stereocenters. The number of para-hydroxylation sites is 1. The molecule has 2 aromatic rings. The molecule has 0 spiro atoms. The number of rotatable bonds is 8. The summed E-state index contributed by atoms with van der Waals surface area (Å²) in [7, 11) is 0.